The van der Waals surface area contributed by atoms with Crippen molar-refractivity contribution in [3.63, 3.8) is 0 Å². The van der Waals surface area contributed by atoms with Crippen molar-refractivity contribution >= 4 is 17.9 Å². The topological polar surface area (TPSA) is 78.9 Å². The SMILES string of the molecule is CC/C=C\C/C=C\C/C=C\C/C=C\C/C=C\C/C=C\C/C=C\CCCCCCCCCC(=O)OCC(COC(=O)CCCCCCC)OC(=O)CCCCCCCCCCCCC/C=C\C/C=C\CCCCCCC. The van der Waals surface area contributed by atoms with Gasteiger partial charge in [-0.25, -0.2) is 0 Å². The first kappa shape index (κ1) is 71.1. The molecular formula is C69H116O6. The fourth-order valence-electron chi connectivity index (χ4n) is 8.57. The second-order valence-electron chi connectivity index (χ2n) is 20.6. The van der Waals surface area contributed by atoms with Crippen LogP contribution in [0.15, 0.2) is 109 Å². The van der Waals surface area contributed by atoms with Crippen LogP contribution in [-0.4, -0.2) is 37.2 Å². The van der Waals surface area contributed by atoms with Crippen molar-refractivity contribution in [2.75, 3.05) is 13.2 Å². The Hall–Kier alpha value is -3.93. The molecular weight excluding hydrogens is 925 g/mol. The summed E-state index contributed by atoms with van der Waals surface area (Å²) in [5, 5.41) is 0. The smallest absolute Gasteiger partial charge is 0.306 e. The number of hydrogen-bond donors (Lipinski definition) is 0. The summed E-state index contributed by atoms with van der Waals surface area (Å²) >= 11 is 0. The zero-order chi connectivity index (χ0) is 54.3. The van der Waals surface area contributed by atoms with E-state index in [1.165, 1.54) is 128 Å². The van der Waals surface area contributed by atoms with Crippen LogP contribution >= 0.6 is 0 Å². The number of allylic oxidation sites excluding steroid dienone is 18. The van der Waals surface area contributed by atoms with Gasteiger partial charge in [0.25, 0.3) is 0 Å². The Labute approximate surface area is 463 Å². The molecule has 1 unspecified atom stereocenters. The molecule has 1 atom stereocenters. The number of unbranched alkanes of at least 4 members (excludes halogenated alkanes) is 27. The van der Waals surface area contributed by atoms with E-state index in [1.54, 1.807) is 0 Å². The van der Waals surface area contributed by atoms with E-state index in [9.17, 15) is 14.4 Å². The fourth-order valence-corrected chi connectivity index (χ4v) is 8.57. The van der Waals surface area contributed by atoms with E-state index < -0.39 is 6.10 Å². The first-order valence-corrected chi connectivity index (χ1v) is 31.4. The van der Waals surface area contributed by atoms with E-state index in [2.05, 4.69) is 130 Å². The highest BCUT2D eigenvalue weighted by molar-refractivity contribution is 5.71. The van der Waals surface area contributed by atoms with Crippen molar-refractivity contribution in [3.8, 4) is 0 Å². The lowest BCUT2D eigenvalue weighted by Gasteiger charge is -2.18. The molecule has 0 aliphatic heterocycles. The average Bonchev–Trinajstić information content (AvgIpc) is 3.41. The van der Waals surface area contributed by atoms with Crippen molar-refractivity contribution in [2.45, 2.75) is 297 Å². The highest BCUT2D eigenvalue weighted by Gasteiger charge is 2.19. The van der Waals surface area contributed by atoms with Crippen LogP contribution < -0.4 is 0 Å². The Balaban J connectivity index is 4.10. The van der Waals surface area contributed by atoms with E-state index in [1.807, 2.05) is 0 Å². The van der Waals surface area contributed by atoms with Gasteiger partial charge in [-0.1, -0.05) is 271 Å². The van der Waals surface area contributed by atoms with Crippen LogP contribution in [0.3, 0.4) is 0 Å². The van der Waals surface area contributed by atoms with Gasteiger partial charge in [0.15, 0.2) is 6.10 Å². The Morgan fingerprint density at radius 3 is 0.813 bits per heavy atom. The standard InChI is InChI=1S/C69H116O6/c1-4-7-10-13-15-17-19-21-23-25-27-29-31-32-33-34-35-36-38-39-41-43-45-47-49-51-53-56-59-62-68(71)74-65-66(64-73-67(70)61-58-55-12-9-6-3)75-69(72)63-60-57-54-52-50-48-46-44-42-40-37-30-28-26-24-22-20-18-16-14-11-8-5-2/h7,10,15,17,20-23,26-29,32-33,35-36,39,41,66H,4-6,8-9,11-14,16,18-19,24-25,30-31,34,37-38,40,42-65H2,1-3H3/b10-7-,17-15-,22-20-,23-21-,28-26-,29-27-,33-32-,36-35-,41-39-. The summed E-state index contributed by atoms with van der Waals surface area (Å²) in [6.07, 6.45) is 85.6. The molecule has 6 nitrogen and oxygen atoms in total. The minimum Gasteiger partial charge on any atom is -0.462 e. The maximum Gasteiger partial charge on any atom is 0.306 e. The summed E-state index contributed by atoms with van der Waals surface area (Å²) in [6.45, 7) is 6.43. The van der Waals surface area contributed by atoms with Crippen LogP contribution in [0.25, 0.3) is 0 Å². The van der Waals surface area contributed by atoms with Gasteiger partial charge in [0, 0.05) is 19.3 Å². The Bertz CT molecular complexity index is 1520. The van der Waals surface area contributed by atoms with Gasteiger partial charge in [-0.05, 0) is 109 Å². The molecule has 0 spiro atoms. The quantitative estimate of drug-likeness (QED) is 0.0261. The van der Waals surface area contributed by atoms with Gasteiger partial charge in [0.05, 0.1) is 0 Å². The van der Waals surface area contributed by atoms with E-state index >= 15 is 0 Å². The molecule has 0 aromatic rings. The summed E-state index contributed by atoms with van der Waals surface area (Å²) in [4.78, 5) is 37.9. The van der Waals surface area contributed by atoms with Crippen LogP contribution in [0.1, 0.15) is 290 Å². The van der Waals surface area contributed by atoms with Crippen molar-refractivity contribution in [3.05, 3.63) is 109 Å². The molecule has 75 heavy (non-hydrogen) atoms. The second-order valence-corrected chi connectivity index (χ2v) is 20.6. The number of hydrogen-bond acceptors (Lipinski definition) is 6. The van der Waals surface area contributed by atoms with Crippen LogP contribution in [0.5, 0.6) is 0 Å². The van der Waals surface area contributed by atoms with Crippen molar-refractivity contribution in [2.24, 2.45) is 0 Å². The largest absolute Gasteiger partial charge is 0.462 e. The number of esters is 3. The zero-order valence-corrected chi connectivity index (χ0v) is 49.0. The van der Waals surface area contributed by atoms with E-state index in [0.29, 0.717) is 19.3 Å². The first-order valence-electron chi connectivity index (χ1n) is 31.4. The minimum absolute atomic E-state index is 0.0830. The molecule has 0 aromatic carbocycles. The molecule has 428 valence electrons. The Kier molecular flexibility index (Phi) is 59.3. The number of carbonyl (C=O) groups excluding carboxylic acids is 3. The van der Waals surface area contributed by atoms with Gasteiger partial charge in [-0.2, -0.15) is 0 Å². The highest BCUT2D eigenvalue weighted by Crippen LogP contribution is 2.15. The van der Waals surface area contributed by atoms with E-state index in [4.69, 9.17) is 14.2 Å². The lowest BCUT2D eigenvalue weighted by molar-refractivity contribution is -0.167. The molecule has 0 rings (SSSR count). The fraction of sp³-hybridized carbons (Fsp3) is 0.696. The lowest BCUT2D eigenvalue weighted by Crippen LogP contribution is -2.30. The number of carbonyl (C=O) groups is 3. The third kappa shape index (κ3) is 60.8. The molecule has 0 radical (unpaired) electrons. The van der Waals surface area contributed by atoms with E-state index in [0.717, 1.165) is 122 Å². The second kappa shape index (κ2) is 62.6. The zero-order valence-electron chi connectivity index (χ0n) is 49.0. The highest BCUT2D eigenvalue weighted by atomic mass is 16.6. The van der Waals surface area contributed by atoms with Crippen LogP contribution in [0.4, 0.5) is 0 Å². The van der Waals surface area contributed by atoms with Gasteiger partial charge in [0.1, 0.15) is 13.2 Å². The van der Waals surface area contributed by atoms with Crippen LogP contribution in [0.2, 0.25) is 0 Å². The lowest BCUT2D eigenvalue weighted by atomic mass is 10.0. The van der Waals surface area contributed by atoms with E-state index in [-0.39, 0.29) is 31.1 Å². The van der Waals surface area contributed by atoms with Crippen molar-refractivity contribution < 1.29 is 28.6 Å². The molecule has 6 heteroatoms. The van der Waals surface area contributed by atoms with Gasteiger partial charge in [-0.3, -0.25) is 14.4 Å². The van der Waals surface area contributed by atoms with Crippen LogP contribution in [-0.2, 0) is 28.6 Å². The molecule has 0 aromatic heterocycles. The average molecular weight is 1040 g/mol. The molecule has 0 saturated heterocycles. The molecule has 0 aliphatic rings. The molecule has 0 amide bonds. The molecule has 0 fully saturated rings. The summed E-state index contributed by atoms with van der Waals surface area (Å²) in [5.41, 5.74) is 0. The molecule has 0 N–H and O–H groups in total. The number of rotatable bonds is 56. The third-order valence-electron chi connectivity index (χ3n) is 13.3. The summed E-state index contributed by atoms with van der Waals surface area (Å²) in [6, 6.07) is 0. The van der Waals surface area contributed by atoms with Gasteiger partial charge in [-0.15, -0.1) is 0 Å². The summed E-state index contributed by atoms with van der Waals surface area (Å²) in [7, 11) is 0. The van der Waals surface area contributed by atoms with Crippen molar-refractivity contribution in [1.82, 2.24) is 0 Å². The maximum absolute atomic E-state index is 12.8. The Morgan fingerprint density at radius 1 is 0.280 bits per heavy atom. The van der Waals surface area contributed by atoms with Gasteiger partial charge in [0.2, 0.25) is 0 Å². The van der Waals surface area contributed by atoms with Crippen molar-refractivity contribution in [1.29, 1.82) is 0 Å². The molecule has 0 aliphatic carbocycles. The maximum atomic E-state index is 12.8. The molecule has 0 saturated carbocycles. The predicted molar refractivity (Wildman–Crippen MR) is 325 cm³/mol. The molecule has 0 heterocycles. The predicted octanol–water partition coefficient (Wildman–Crippen LogP) is 21.4. The monoisotopic (exact) mass is 1040 g/mol. The summed E-state index contributed by atoms with van der Waals surface area (Å²) < 4.78 is 16.8. The normalized spacial score (nSPS) is 12.8. The Morgan fingerprint density at radius 2 is 0.520 bits per heavy atom. The summed E-state index contributed by atoms with van der Waals surface area (Å²) in [5.74, 6) is -0.906. The van der Waals surface area contributed by atoms with Gasteiger partial charge >= 0.3 is 17.9 Å². The third-order valence-corrected chi connectivity index (χ3v) is 13.3. The van der Waals surface area contributed by atoms with Gasteiger partial charge < -0.3 is 14.2 Å². The number of ether oxygens (including phenoxy) is 3. The minimum atomic E-state index is -0.782. The van der Waals surface area contributed by atoms with Crippen LogP contribution in [0, 0.1) is 0 Å². The first-order chi connectivity index (χ1) is 37.0. The molecule has 0 bridgehead atoms.